The second-order valence-electron chi connectivity index (χ2n) is 9.68. The van der Waals surface area contributed by atoms with E-state index in [1.807, 2.05) is 50.3 Å². The van der Waals surface area contributed by atoms with Crippen LogP contribution in [0, 0.1) is 0 Å². The number of aromatic nitrogens is 3. The summed E-state index contributed by atoms with van der Waals surface area (Å²) in [5.74, 6) is 2.11. The third-order valence-electron chi connectivity index (χ3n) is 5.85. The Balaban J connectivity index is 1.77. The molecule has 1 atom stereocenters. The van der Waals surface area contributed by atoms with E-state index >= 15 is 0 Å². The van der Waals surface area contributed by atoms with Gasteiger partial charge in [0.1, 0.15) is 17.2 Å². The van der Waals surface area contributed by atoms with Crippen molar-refractivity contribution in [2.75, 3.05) is 44.0 Å². The summed E-state index contributed by atoms with van der Waals surface area (Å²) in [6, 6.07) is 1.96. The van der Waals surface area contributed by atoms with Gasteiger partial charge in [-0.2, -0.15) is 9.61 Å². The van der Waals surface area contributed by atoms with Crippen LogP contribution in [0.3, 0.4) is 0 Å². The normalized spacial score (nSPS) is 19.7. The third-order valence-corrected chi connectivity index (χ3v) is 5.85. The standard InChI is InChI=1S/C22H34N6O2/c1-22(2,3)30-21(29)27-13-8-7-11-17(27)16-14-18-23-19(25(4)5)15-10-9-12-26(6)20(15)28(18)24-16/h14,17H,7-13H2,1-6H3. The molecule has 2 aromatic rings. The van der Waals surface area contributed by atoms with Crippen molar-refractivity contribution in [2.24, 2.45) is 0 Å². The predicted molar refractivity (Wildman–Crippen MR) is 118 cm³/mol. The Labute approximate surface area is 178 Å². The number of carbonyl (C=O) groups excluding carboxylic acids is 1. The van der Waals surface area contributed by atoms with Crippen LogP contribution in [0.5, 0.6) is 0 Å². The number of ether oxygens (including phenoxy) is 1. The van der Waals surface area contributed by atoms with Crippen molar-refractivity contribution < 1.29 is 9.53 Å². The van der Waals surface area contributed by atoms with Gasteiger partial charge in [-0.15, -0.1) is 0 Å². The minimum atomic E-state index is -0.512. The Bertz CT molecular complexity index is 945. The molecule has 2 aromatic heterocycles. The summed E-state index contributed by atoms with van der Waals surface area (Å²) in [5, 5.41) is 4.97. The highest BCUT2D eigenvalue weighted by molar-refractivity contribution is 5.70. The highest BCUT2D eigenvalue weighted by atomic mass is 16.6. The lowest BCUT2D eigenvalue weighted by molar-refractivity contribution is 0.00898. The van der Waals surface area contributed by atoms with Gasteiger partial charge >= 0.3 is 6.09 Å². The lowest BCUT2D eigenvalue weighted by Gasteiger charge is -2.35. The molecular weight excluding hydrogens is 380 g/mol. The minimum absolute atomic E-state index is 0.0809. The first-order valence-corrected chi connectivity index (χ1v) is 11.0. The predicted octanol–water partition coefficient (Wildman–Crippen LogP) is 3.64. The van der Waals surface area contributed by atoms with E-state index in [4.69, 9.17) is 14.8 Å². The van der Waals surface area contributed by atoms with Gasteiger partial charge in [-0.3, -0.25) is 4.90 Å². The van der Waals surface area contributed by atoms with Crippen LogP contribution < -0.4 is 9.80 Å². The van der Waals surface area contributed by atoms with Crippen molar-refractivity contribution in [3.63, 3.8) is 0 Å². The Kier molecular flexibility index (Phi) is 5.28. The van der Waals surface area contributed by atoms with E-state index in [2.05, 4.69) is 16.8 Å². The Morgan fingerprint density at radius 2 is 1.97 bits per heavy atom. The molecule has 0 N–H and O–H groups in total. The number of hydrogen-bond donors (Lipinski definition) is 0. The van der Waals surface area contributed by atoms with E-state index < -0.39 is 5.60 Å². The molecule has 1 saturated heterocycles. The second kappa shape index (κ2) is 7.63. The average molecular weight is 415 g/mol. The molecule has 0 bridgehead atoms. The largest absolute Gasteiger partial charge is 0.444 e. The van der Waals surface area contributed by atoms with Crippen molar-refractivity contribution >= 4 is 23.4 Å². The summed E-state index contributed by atoms with van der Waals surface area (Å²) in [7, 11) is 6.19. The second-order valence-corrected chi connectivity index (χ2v) is 9.68. The molecule has 2 aliphatic rings. The van der Waals surface area contributed by atoms with Crippen molar-refractivity contribution in [1.29, 1.82) is 0 Å². The maximum Gasteiger partial charge on any atom is 0.410 e. The van der Waals surface area contributed by atoms with Crippen LogP contribution in [-0.4, -0.2) is 65.4 Å². The van der Waals surface area contributed by atoms with Gasteiger partial charge in [-0.25, -0.2) is 9.78 Å². The topological polar surface area (TPSA) is 66.2 Å². The fourth-order valence-electron chi connectivity index (χ4n) is 4.55. The quantitative estimate of drug-likeness (QED) is 0.747. The van der Waals surface area contributed by atoms with Gasteiger partial charge in [0.25, 0.3) is 0 Å². The van der Waals surface area contributed by atoms with E-state index in [0.29, 0.717) is 6.54 Å². The zero-order valence-electron chi connectivity index (χ0n) is 19.1. The average Bonchev–Trinajstić information content (AvgIpc) is 3.10. The number of anilines is 2. The van der Waals surface area contributed by atoms with Crippen LogP contribution in [0.1, 0.15) is 63.8 Å². The van der Waals surface area contributed by atoms with E-state index in [9.17, 15) is 4.79 Å². The van der Waals surface area contributed by atoms with E-state index in [1.165, 1.54) is 5.56 Å². The van der Waals surface area contributed by atoms with E-state index in [0.717, 1.165) is 61.6 Å². The maximum atomic E-state index is 12.9. The first-order valence-electron chi connectivity index (χ1n) is 11.0. The Hall–Kier alpha value is -2.51. The molecule has 164 valence electrons. The van der Waals surface area contributed by atoms with Gasteiger partial charge in [0.15, 0.2) is 5.65 Å². The summed E-state index contributed by atoms with van der Waals surface area (Å²) in [4.78, 5) is 24.0. The number of carbonyl (C=O) groups is 1. The number of amides is 1. The summed E-state index contributed by atoms with van der Waals surface area (Å²) >= 11 is 0. The molecule has 4 rings (SSSR count). The van der Waals surface area contributed by atoms with E-state index in [-0.39, 0.29) is 12.1 Å². The number of hydrogen-bond acceptors (Lipinski definition) is 6. The molecule has 1 fully saturated rings. The molecule has 1 unspecified atom stereocenters. The number of rotatable bonds is 2. The molecule has 0 radical (unpaired) electrons. The highest BCUT2D eigenvalue weighted by Crippen LogP contribution is 2.36. The summed E-state index contributed by atoms with van der Waals surface area (Å²) in [6.45, 7) is 7.42. The first kappa shape index (κ1) is 20.8. The maximum absolute atomic E-state index is 12.9. The number of nitrogens with zero attached hydrogens (tertiary/aromatic N) is 6. The Morgan fingerprint density at radius 3 is 2.67 bits per heavy atom. The van der Waals surface area contributed by atoms with Crippen LogP contribution in [0.2, 0.25) is 0 Å². The molecule has 2 aliphatic heterocycles. The van der Waals surface area contributed by atoms with Crippen LogP contribution >= 0.6 is 0 Å². The van der Waals surface area contributed by atoms with Crippen LogP contribution in [0.15, 0.2) is 6.07 Å². The van der Waals surface area contributed by atoms with Gasteiger partial charge in [-0.1, -0.05) is 0 Å². The first-order chi connectivity index (χ1) is 14.2. The van der Waals surface area contributed by atoms with Crippen molar-refractivity contribution in [1.82, 2.24) is 19.5 Å². The van der Waals surface area contributed by atoms with Crippen molar-refractivity contribution in [3.05, 3.63) is 17.3 Å². The van der Waals surface area contributed by atoms with Gasteiger partial charge in [0.2, 0.25) is 0 Å². The SMILES string of the molecule is CN(C)c1nc2cc(C3CCCCN3C(=O)OC(C)(C)C)nn2c2c1CCCN2C. The van der Waals surface area contributed by atoms with Crippen molar-refractivity contribution in [2.45, 2.75) is 64.5 Å². The Morgan fingerprint density at radius 1 is 1.20 bits per heavy atom. The zero-order chi connectivity index (χ0) is 21.6. The molecule has 0 aliphatic carbocycles. The van der Waals surface area contributed by atoms with E-state index in [1.54, 1.807) is 0 Å². The molecule has 1 amide bonds. The lowest BCUT2D eigenvalue weighted by atomic mass is 10.00. The summed E-state index contributed by atoms with van der Waals surface area (Å²) in [5.41, 5.74) is 2.45. The zero-order valence-corrected chi connectivity index (χ0v) is 19.1. The molecule has 0 aromatic carbocycles. The molecule has 8 heteroatoms. The summed E-state index contributed by atoms with van der Waals surface area (Å²) < 4.78 is 7.65. The highest BCUT2D eigenvalue weighted by Gasteiger charge is 2.34. The van der Waals surface area contributed by atoms with Crippen LogP contribution in [-0.2, 0) is 11.2 Å². The van der Waals surface area contributed by atoms with Gasteiger partial charge in [0, 0.05) is 45.9 Å². The fourth-order valence-corrected chi connectivity index (χ4v) is 4.55. The van der Waals surface area contributed by atoms with Gasteiger partial charge < -0.3 is 14.5 Å². The molecule has 4 heterocycles. The lowest BCUT2D eigenvalue weighted by Crippen LogP contribution is -2.42. The third kappa shape index (κ3) is 3.79. The fraction of sp³-hybridized carbons (Fsp3) is 0.682. The molecule has 8 nitrogen and oxygen atoms in total. The van der Waals surface area contributed by atoms with Gasteiger partial charge in [-0.05, 0) is 52.9 Å². The van der Waals surface area contributed by atoms with Crippen LogP contribution in [0.25, 0.3) is 5.65 Å². The number of fused-ring (bicyclic) bond motifs is 3. The number of likely N-dealkylation sites (tertiary alicyclic amines) is 1. The molecular formula is C22H34N6O2. The molecule has 0 spiro atoms. The summed E-state index contributed by atoms with van der Waals surface area (Å²) in [6.07, 6.45) is 4.81. The molecule has 30 heavy (non-hydrogen) atoms. The molecule has 0 saturated carbocycles. The van der Waals surface area contributed by atoms with Crippen molar-refractivity contribution in [3.8, 4) is 0 Å². The monoisotopic (exact) mass is 414 g/mol. The van der Waals surface area contributed by atoms with Crippen LogP contribution in [0.4, 0.5) is 16.4 Å². The van der Waals surface area contributed by atoms with Gasteiger partial charge in [0.05, 0.1) is 11.7 Å². The number of piperidine rings is 1. The smallest absolute Gasteiger partial charge is 0.410 e. The minimum Gasteiger partial charge on any atom is -0.444 e.